The number of alkyl halides is 3. The highest BCUT2D eigenvalue weighted by atomic mass is 19.4. The van der Waals surface area contributed by atoms with Crippen LogP contribution in [0.4, 0.5) is 13.2 Å². The van der Waals surface area contributed by atoms with E-state index in [2.05, 4.69) is 10.6 Å². The summed E-state index contributed by atoms with van der Waals surface area (Å²) in [4.78, 5) is 27.6. The molecule has 206 valence electrons. The molecule has 0 spiro atoms. The normalized spacial score (nSPS) is 15.3. The number of halogens is 3. The van der Waals surface area contributed by atoms with Gasteiger partial charge in [0, 0.05) is 30.8 Å². The average Bonchev–Trinajstić information content (AvgIpc) is 2.94. The van der Waals surface area contributed by atoms with Crippen LogP contribution in [0.15, 0.2) is 66.7 Å². The highest BCUT2D eigenvalue weighted by Gasteiger charge is 2.33. The van der Waals surface area contributed by atoms with Crippen LogP contribution < -0.4 is 20.1 Å². The number of hydrogen-bond donors (Lipinski definition) is 2. The molecule has 7 nitrogen and oxygen atoms in total. The molecule has 3 aromatic carbocycles. The summed E-state index contributed by atoms with van der Waals surface area (Å²) in [6.07, 6.45) is -5.33. The zero-order valence-corrected chi connectivity index (χ0v) is 21.7. The third-order valence-electron chi connectivity index (χ3n) is 6.62. The van der Waals surface area contributed by atoms with Crippen LogP contribution in [0, 0.1) is 0 Å². The number of ether oxygens (including phenoxy) is 2. The first-order valence-electron chi connectivity index (χ1n) is 12.5. The van der Waals surface area contributed by atoms with Crippen molar-refractivity contribution in [3.8, 4) is 11.5 Å². The number of nitrogens with one attached hydrogen (secondary N) is 2. The van der Waals surface area contributed by atoms with Gasteiger partial charge in [0.2, 0.25) is 0 Å². The summed E-state index contributed by atoms with van der Waals surface area (Å²) >= 11 is 0. The molecular weight excluding hydrogens is 511 g/mol. The molecule has 3 aromatic rings. The van der Waals surface area contributed by atoms with Gasteiger partial charge in [0.05, 0.1) is 20.6 Å². The maximum absolute atomic E-state index is 13.2. The minimum Gasteiger partial charge on any atom is -0.493 e. The molecule has 4 rings (SSSR count). The molecule has 0 aromatic heterocycles. The van der Waals surface area contributed by atoms with Crippen LogP contribution in [-0.2, 0) is 13.0 Å². The predicted octanol–water partition coefficient (Wildman–Crippen LogP) is 4.87. The van der Waals surface area contributed by atoms with Crippen molar-refractivity contribution in [1.29, 1.82) is 0 Å². The van der Waals surface area contributed by atoms with Gasteiger partial charge >= 0.3 is 6.18 Å². The van der Waals surface area contributed by atoms with E-state index in [0.29, 0.717) is 41.2 Å². The fourth-order valence-corrected chi connectivity index (χ4v) is 4.59. The lowest BCUT2D eigenvalue weighted by molar-refractivity contribution is -0.139. The van der Waals surface area contributed by atoms with Crippen LogP contribution >= 0.6 is 0 Å². The van der Waals surface area contributed by atoms with E-state index in [1.807, 2.05) is 24.3 Å². The Morgan fingerprint density at radius 3 is 2.41 bits per heavy atom. The summed E-state index contributed by atoms with van der Waals surface area (Å²) in [5.74, 6) is 0.189. The third kappa shape index (κ3) is 7.08. The van der Waals surface area contributed by atoms with Crippen molar-refractivity contribution in [2.24, 2.45) is 0 Å². The van der Waals surface area contributed by atoms with Crippen molar-refractivity contribution in [1.82, 2.24) is 15.5 Å². The summed E-state index contributed by atoms with van der Waals surface area (Å²) < 4.78 is 49.3. The largest absolute Gasteiger partial charge is 0.493 e. The van der Waals surface area contributed by atoms with Gasteiger partial charge in [-0.3, -0.25) is 14.5 Å². The number of carbonyl (C=O) groups is 2. The van der Waals surface area contributed by atoms with Gasteiger partial charge in [-0.15, -0.1) is 0 Å². The molecule has 0 saturated heterocycles. The summed E-state index contributed by atoms with van der Waals surface area (Å²) in [5.41, 5.74) is 3.20. The molecule has 2 amide bonds. The van der Waals surface area contributed by atoms with Crippen LogP contribution in [0.2, 0.25) is 0 Å². The molecule has 1 atom stereocenters. The number of nitrogens with zero attached hydrogens (tertiary/aromatic N) is 1. The second-order valence-electron chi connectivity index (χ2n) is 9.18. The molecule has 0 fully saturated rings. The van der Waals surface area contributed by atoms with Gasteiger partial charge in [0.25, 0.3) is 11.8 Å². The number of methoxy groups -OCH3 is 2. The van der Waals surface area contributed by atoms with Crippen molar-refractivity contribution in [3.63, 3.8) is 0 Å². The summed E-state index contributed by atoms with van der Waals surface area (Å²) in [5, 5.41) is 5.75. The molecule has 10 heteroatoms. The van der Waals surface area contributed by atoms with Crippen molar-refractivity contribution in [3.05, 3.63) is 94.5 Å². The highest BCUT2D eigenvalue weighted by Crippen LogP contribution is 2.30. The standard InChI is InChI=1S/C29H30F3N3O4/c1-38-24-11-10-22(17-25(24)39-2)27(36)33-18-19-6-5-8-21(16-19)28(37)34-26-23-9-4-3-7-20(23)12-14-35(26)15-13-29(30,31)32/h3-11,16-17,26H,12-15,18H2,1-2H3,(H,33,36)(H,34,37). The lowest BCUT2D eigenvalue weighted by Gasteiger charge is -2.37. The zero-order chi connectivity index (χ0) is 28.0. The molecule has 1 unspecified atom stereocenters. The van der Waals surface area contributed by atoms with Crippen molar-refractivity contribution < 1.29 is 32.2 Å². The van der Waals surface area contributed by atoms with E-state index in [1.165, 1.54) is 14.2 Å². The van der Waals surface area contributed by atoms with Crippen LogP contribution in [-0.4, -0.2) is 50.2 Å². The van der Waals surface area contributed by atoms with E-state index < -0.39 is 24.7 Å². The van der Waals surface area contributed by atoms with Gasteiger partial charge in [-0.2, -0.15) is 13.2 Å². The second kappa shape index (κ2) is 12.2. The number of amides is 2. The van der Waals surface area contributed by atoms with Crippen LogP contribution in [0.5, 0.6) is 11.5 Å². The maximum atomic E-state index is 13.2. The minimum atomic E-state index is -4.29. The lowest BCUT2D eigenvalue weighted by atomic mass is 9.96. The molecule has 39 heavy (non-hydrogen) atoms. The maximum Gasteiger partial charge on any atom is 0.390 e. The van der Waals surface area contributed by atoms with Crippen molar-refractivity contribution >= 4 is 11.8 Å². The topological polar surface area (TPSA) is 79.9 Å². The van der Waals surface area contributed by atoms with E-state index in [0.717, 1.165) is 11.1 Å². The van der Waals surface area contributed by atoms with E-state index in [1.54, 1.807) is 47.4 Å². The molecule has 1 aliphatic heterocycles. The predicted molar refractivity (Wildman–Crippen MR) is 140 cm³/mol. The Morgan fingerprint density at radius 1 is 0.923 bits per heavy atom. The van der Waals surface area contributed by atoms with Gasteiger partial charge in [-0.1, -0.05) is 36.4 Å². The van der Waals surface area contributed by atoms with Crippen molar-refractivity contribution in [2.75, 3.05) is 27.3 Å². The number of hydrogen-bond acceptors (Lipinski definition) is 5. The average molecular weight is 542 g/mol. The number of fused-ring (bicyclic) bond motifs is 1. The van der Waals surface area contributed by atoms with Gasteiger partial charge < -0.3 is 20.1 Å². The van der Waals surface area contributed by atoms with Crippen molar-refractivity contribution in [2.45, 2.75) is 31.7 Å². The van der Waals surface area contributed by atoms with Gasteiger partial charge in [0.1, 0.15) is 6.17 Å². The molecule has 1 heterocycles. The number of rotatable bonds is 9. The Morgan fingerprint density at radius 2 is 1.67 bits per heavy atom. The molecular formula is C29H30F3N3O4. The zero-order valence-electron chi connectivity index (χ0n) is 21.7. The number of benzene rings is 3. The van der Waals surface area contributed by atoms with Gasteiger partial charge in [-0.25, -0.2) is 0 Å². The van der Waals surface area contributed by atoms with Crippen LogP contribution in [0.25, 0.3) is 0 Å². The van der Waals surface area contributed by atoms with E-state index in [-0.39, 0.29) is 19.0 Å². The SMILES string of the molecule is COc1ccc(C(=O)NCc2cccc(C(=O)NC3c4ccccc4CCN3CCC(F)(F)F)c2)cc1OC. The molecule has 2 N–H and O–H groups in total. The second-order valence-corrected chi connectivity index (χ2v) is 9.18. The first kappa shape index (κ1) is 28.0. The van der Waals surface area contributed by atoms with Crippen LogP contribution in [0.1, 0.15) is 50.0 Å². The third-order valence-corrected chi connectivity index (χ3v) is 6.62. The molecule has 0 aliphatic carbocycles. The molecule has 0 saturated carbocycles. The molecule has 0 bridgehead atoms. The smallest absolute Gasteiger partial charge is 0.390 e. The quantitative estimate of drug-likeness (QED) is 0.404. The first-order valence-corrected chi connectivity index (χ1v) is 12.5. The first-order chi connectivity index (χ1) is 18.7. The van der Waals surface area contributed by atoms with E-state index in [9.17, 15) is 22.8 Å². The Balaban J connectivity index is 1.45. The Kier molecular flexibility index (Phi) is 8.75. The fourth-order valence-electron chi connectivity index (χ4n) is 4.59. The summed E-state index contributed by atoms with van der Waals surface area (Å²) in [7, 11) is 2.99. The molecule has 0 radical (unpaired) electrons. The summed E-state index contributed by atoms with van der Waals surface area (Å²) in [6.45, 7) is 0.351. The summed E-state index contributed by atoms with van der Waals surface area (Å²) in [6, 6.07) is 19.0. The highest BCUT2D eigenvalue weighted by molar-refractivity contribution is 5.95. The number of carbonyl (C=O) groups excluding carboxylic acids is 2. The fraction of sp³-hybridized carbons (Fsp3) is 0.310. The monoisotopic (exact) mass is 541 g/mol. The van der Waals surface area contributed by atoms with E-state index >= 15 is 0 Å². The molecule has 1 aliphatic rings. The Labute approximate surface area is 224 Å². The van der Waals surface area contributed by atoms with Crippen LogP contribution in [0.3, 0.4) is 0 Å². The van der Waals surface area contributed by atoms with Gasteiger partial charge in [-0.05, 0) is 53.4 Å². The Bertz CT molecular complexity index is 1330. The Hall–Kier alpha value is -4.05. The minimum absolute atomic E-state index is 0.165. The van der Waals surface area contributed by atoms with Gasteiger partial charge in [0.15, 0.2) is 11.5 Å². The lowest BCUT2D eigenvalue weighted by Crippen LogP contribution is -2.46. The van der Waals surface area contributed by atoms with E-state index in [4.69, 9.17) is 9.47 Å².